The maximum absolute atomic E-state index is 12.7. The van der Waals surface area contributed by atoms with Gasteiger partial charge in [-0.1, -0.05) is 19.1 Å². The predicted octanol–water partition coefficient (Wildman–Crippen LogP) is 2.17. The van der Waals surface area contributed by atoms with Crippen LogP contribution in [0.5, 0.6) is 0 Å². The number of aryl methyl sites for hydroxylation is 1. The Balaban J connectivity index is 2.33. The second-order valence-electron chi connectivity index (χ2n) is 5.92. The molecule has 112 valence electrons. The molecule has 1 fully saturated rings. The van der Waals surface area contributed by atoms with Crippen LogP contribution in [0.4, 0.5) is 0 Å². The highest BCUT2D eigenvalue weighted by Crippen LogP contribution is 2.32. The van der Waals surface area contributed by atoms with Crippen molar-refractivity contribution >= 4 is 10.0 Å². The second-order valence-corrected chi connectivity index (χ2v) is 7.82. The topological polar surface area (TPSA) is 57.6 Å². The van der Waals surface area contributed by atoms with E-state index in [9.17, 15) is 13.5 Å². The Hall–Kier alpha value is -0.910. The van der Waals surface area contributed by atoms with Gasteiger partial charge in [0.1, 0.15) is 0 Å². The molecule has 1 aromatic rings. The van der Waals surface area contributed by atoms with Gasteiger partial charge in [0.25, 0.3) is 0 Å². The van der Waals surface area contributed by atoms with E-state index in [2.05, 4.69) is 0 Å². The highest BCUT2D eigenvalue weighted by molar-refractivity contribution is 7.89. The number of hydrogen-bond donors (Lipinski definition) is 1. The standard InChI is InChI=1S/C15H23NO3S/c1-4-12-7-9-13(10-8-12)20(18,19)16-11-5-6-14(16)15(2,3)17/h7-10,14,17H,4-6,11H2,1-3H3/t14-/m1/s1. The number of sulfonamides is 1. The summed E-state index contributed by atoms with van der Waals surface area (Å²) in [6.45, 7) is 5.86. The van der Waals surface area contributed by atoms with E-state index in [4.69, 9.17) is 0 Å². The zero-order chi connectivity index (χ0) is 15.0. The van der Waals surface area contributed by atoms with Gasteiger partial charge in [0.05, 0.1) is 16.5 Å². The first kappa shape index (κ1) is 15.5. The highest BCUT2D eigenvalue weighted by atomic mass is 32.2. The van der Waals surface area contributed by atoms with Crippen molar-refractivity contribution in [2.24, 2.45) is 0 Å². The van der Waals surface area contributed by atoms with Crippen molar-refractivity contribution in [3.8, 4) is 0 Å². The lowest BCUT2D eigenvalue weighted by molar-refractivity contribution is 0.0215. The fourth-order valence-electron chi connectivity index (χ4n) is 2.77. The lowest BCUT2D eigenvalue weighted by atomic mass is 9.98. The fourth-order valence-corrected chi connectivity index (χ4v) is 4.58. The molecule has 0 bridgehead atoms. The molecule has 5 heteroatoms. The van der Waals surface area contributed by atoms with Gasteiger partial charge in [0, 0.05) is 6.54 Å². The van der Waals surface area contributed by atoms with Crippen molar-refractivity contribution < 1.29 is 13.5 Å². The minimum atomic E-state index is -3.52. The zero-order valence-corrected chi connectivity index (χ0v) is 13.2. The summed E-state index contributed by atoms with van der Waals surface area (Å²) in [5, 5.41) is 10.2. The van der Waals surface area contributed by atoms with Crippen molar-refractivity contribution in [2.45, 2.75) is 56.6 Å². The van der Waals surface area contributed by atoms with Crippen molar-refractivity contribution in [1.29, 1.82) is 0 Å². The molecule has 0 unspecified atom stereocenters. The number of rotatable bonds is 4. The molecule has 4 nitrogen and oxygen atoms in total. The molecule has 2 rings (SSSR count). The lowest BCUT2D eigenvalue weighted by Gasteiger charge is -2.33. The van der Waals surface area contributed by atoms with Crippen LogP contribution >= 0.6 is 0 Å². The average Bonchev–Trinajstić information content (AvgIpc) is 2.88. The van der Waals surface area contributed by atoms with E-state index >= 15 is 0 Å². The van der Waals surface area contributed by atoms with Crippen molar-refractivity contribution in [3.05, 3.63) is 29.8 Å². The van der Waals surface area contributed by atoms with Gasteiger partial charge in [0.15, 0.2) is 0 Å². The van der Waals surface area contributed by atoms with Crippen LogP contribution in [0.2, 0.25) is 0 Å². The molecule has 0 spiro atoms. The summed E-state index contributed by atoms with van der Waals surface area (Å²) < 4.78 is 26.9. The van der Waals surface area contributed by atoms with Crippen LogP contribution in [-0.4, -0.2) is 36.0 Å². The molecule has 1 saturated heterocycles. The highest BCUT2D eigenvalue weighted by Gasteiger charge is 2.42. The Morgan fingerprint density at radius 1 is 1.30 bits per heavy atom. The smallest absolute Gasteiger partial charge is 0.243 e. The van der Waals surface area contributed by atoms with Crippen molar-refractivity contribution in [2.75, 3.05) is 6.54 Å². The molecule has 1 atom stereocenters. The van der Waals surface area contributed by atoms with Gasteiger partial charge in [-0.05, 0) is 50.8 Å². The van der Waals surface area contributed by atoms with Crippen LogP contribution in [0.1, 0.15) is 39.2 Å². The first-order valence-electron chi connectivity index (χ1n) is 7.10. The molecule has 1 aromatic carbocycles. The first-order chi connectivity index (χ1) is 9.26. The molecular formula is C15H23NO3S. The van der Waals surface area contributed by atoms with Gasteiger partial charge >= 0.3 is 0 Å². The quantitative estimate of drug-likeness (QED) is 0.926. The van der Waals surface area contributed by atoms with E-state index in [1.165, 1.54) is 4.31 Å². The van der Waals surface area contributed by atoms with Crippen molar-refractivity contribution in [3.63, 3.8) is 0 Å². The minimum Gasteiger partial charge on any atom is -0.389 e. The lowest BCUT2D eigenvalue weighted by Crippen LogP contribution is -2.48. The van der Waals surface area contributed by atoms with Crippen LogP contribution < -0.4 is 0 Å². The third-order valence-electron chi connectivity index (χ3n) is 3.96. The van der Waals surface area contributed by atoms with Gasteiger partial charge in [-0.25, -0.2) is 8.42 Å². The summed E-state index contributed by atoms with van der Waals surface area (Å²) >= 11 is 0. The number of hydrogen-bond acceptors (Lipinski definition) is 3. The molecule has 1 aliphatic rings. The normalized spacial score (nSPS) is 21.3. The zero-order valence-electron chi connectivity index (χ0n) is 12.3. The Morgan fingerprint density at radius 3 is 2.40 bits per heavy atom. The van der Waals surface area contributed by atoms with Gasteiger partial charge in [0.2, 0.25) is 10.0 Å². The van der Waals surface area contributed by atoms with Gasteiger partial charge in [-0.2, -0.15) is 4.31 Å². The number of aliphatic hydroxyl groups is 1. The Morgan fingerprint density at radius 2 is 1.90 bits per heavy atom. The van der Waals surface area contributed by atoms with Crippen LogP contribution in [0.3, 0.4) is 0 Å². The summed E-state index contributed by atoms with van der Waals surface area (Å²) in [6, 6.07) is 6.67. The van der Waals surface area contributed by atoms with Gasteiger partial charge < -0.3 is 5.11 Å². The summed E-state index contributed by atoms with van der Waals surface area (Å²) in [4.78, 5) is 0.311. The molecule has 0 saturated carbocycles. The van der Waals surface area contributed by atoms with E-state index in [-0.39, 0.29) is 6.04 Å². The third kappa shape index (κ3) is 2.90. The summed E-state index contributed by atoms with van der Waals surface area (Å²) in [7, 11) is -3.52. The van der Waals surface area contributed by atoms with Crippen LogP contribution in [0.15, 0.2) is 29.2 Å². The summed E-state index contributed by atoms with van der Waals surface area (Å²) in [6.07, 6.45) is 2.38. The predicted molar refractivity (Wildman–Crippen MR) is 79.0 cm³/mol. The SMILES string of the molecule is CCc1ccc(S(=O)(=O)N2CCC[C@@H]2C(C)(C)O)cc1. The molecule has 1 N–H and O–H groups in total. The third-order valence-corrected chi connectivity index (χ3v) is 5.88. The Labute approximate surface area is 121 Å². The number of benzene rings is 1. The Bertz CT molecular complexity index is 558. The van der Waals surface area contributed by atoms with E-state index < -0.39 is 15.6 Å². The van der Waals surface area contributed by atoms with Gasteiger partial charge in [-0.15, -0.1) is 0 Å². The van der Waals surface area contributed by atoms with E-state index in [1.54, 1.807) is 26.0 Å². The molecule has 0 aromatic heterocycles. The molecule has 0 aliphatic carbocycles. The average molecular weight is 297 g/mol. The molecular weight excluding hydrogens is 274 g/mol. The molecule has 0 radical (unpaired) electrons. The van der Waals surface area contributed by atoms with Crippen LogP contribution in [0.25, 0.3) is 0 Å². The molecule has 1 aliphatic heterocycles. The molecule has 0 amide bonds. The minimum absolute atomic E-state index is 0.311. The van der Waals surface area contributed by atoms with Crippen molar-refractivity contribution in [1.82, 2.24) is 4.31 Å². The first-order valence-corrected chi connectivity index (χ1v) is 8.54. The largest absolute Gasteiger partial charge is 0.389 e. The van der Waals surface area contributed by atoms with Crippen LogP contribution in [-0.2, 0) is 16.4 Å². The maximum atomic E-state index is 12.7. The molecule has 1 heterocycles. The second kappa shape index (κ2) is 5.47. The maximum Gasteiger partial charge on any atom is 0.243 e. The van der Waals surface area contributed by atoms with Gasteiger partial charge in [-0.3, -0.25) is 0 Å². The van der Waals surface area contributed by atoms with E-state index in [0.29, 0.717) is 17.9 Å². The molecule has 20 heavy (non-hydrogen) atoms. The van der Waals surface area contributed by atoms with Crippen LogP contribution in [0, 0.1) is 0 Å². The van der Waals surface area contributed by atoms with E-state index in [1.807, 2.05) is 19.1 Å². The summed E-state index contributed by atoms with van der Waals surface area (Å²) in [5.74, 6) is 0. The number of nitrogens with zero attached hydrogens (tertiary/aromatic N) is 1. The monoisotopic (exact) mass is 297 g/mol. The van der Waals surface area contributed by atoms with E-state index in [0.717, 1.165) is 18.4 Å². The fraction of sp³-hybridized carbons (Fsp3) is 0.600. The summed E-state index contributed by atoms with van der Waals surface area (Å²) in [5.41, 5.74) is 0.0943. The Kier molecular flexibility index (Phi) is 4.23.